The lowest BCUT2D eigenvalue weighted by Gasteiger charge is -2.31. The molecule has 1 aromatic carbocycles. The Hall–Kier alpha value is -2.32. The predicted molar refractivity (Wildman–Crippen MR) is 88.8 cm³/mol. The third-order valence-corrected chi connectivity index (χ3v) is 4.45. The second-order valence-corrected chi connectivity index (χ2v) is 6.04. The number of hydrogen-bond donors (Lipinski definition) is 1. The Morgan fingerprint density at radius 3 is 2.73 bits per heavy atom. The van der Waals surface area contributed by atoms with Gasteiger partial charge in [0.1, 0.15) is 0 Å². The number of anilines is 1. The van der Waals surface area contributed by atoms with Crippen LogP contribution in [0.4, 0.5) is 5.13 Å². The fourth-order valence-electron chi connectivity index (χ4n) is 2.46. The molecule has 1 N–H and O–H groups in total. The first-order valence-electron chi connectivity index (χ1n) is 7.33. The molecule has 22 heavy (non-hydrogen) atoms. The normalized spacial score (nSPS) is 15.0. The summed E-state index contributed by atoms with van der Waals surface area (Å²) in [6.45, 7) is 1.84. The van der Waals surface area contributed by atoms with Crippen LogP contribution >= 0.6 is 11.3 Å². The lowest BCUT2D eigenvalue weighted by Crippen LogP contribution is -2.44. The van der Waals surface area contributed by atoms with Crippen molar-refractivity contribution in [2.24, 2.45) is 0 Å². The molecule has 0 unspecified atom stereocenters. The van der Waals surface area contributed by atoms with Crippen LogP contribution in [-0.2, 0) is 4.79 Å². The minimum Gasteiger partial charge on any atom is -0.348 e. The van der Waals surface area contributed by atoms with Gasteiger partial charge in [0.15, 0.2) is 5.13 Å². The number of aromatic nitrogens is 1. The highest BCUT2D eigenvalue weighted by molar-refractivity contribution is 7.13. The molecule has 3 rings (SSSR count). The van der Waals surface area contributed by atoms with Gasteiger partial charge in [-0.3, -0.25) is 4.79 Å². The first-order chi connectivity index (χ1) is 10.8. The largest absolute Gasteiger partial charge is 0.348 e. The molecule has 1 fully saturated rings. The van der Waals surface area contributed by atoms with E-state index < -0.39 is 0 Å². The molecule has 1 amide bonds. The quantitative estimate of drug-likeness (QED) is 0.866. The van der Waals surface area contributed by atoms with Gasteiger partial charge in [0.25, 0.3) is 5.91 Å². The maximum atomic E-state index is 11.9. The number of thiazole rings is 1. The summed E-state index contributed by atoms with van der Waals surface area (Å²) >= 11 is 1.66. The van der Waals surface area contributed by atoms with E-state index in [1.807, 2.05) is 41.9 Å². The Balaban J connectivity index is 1.49. The molecule has 1 aromatic heterocycles. The van der Waals surface area contributed by atoms with Crippen LogP contribution < -0.4 is 10.2 Å². The van der Waals surface area contributed by atoms with Crippen LogP contribution in [0.15, 0.2) is 41.9 Å². The van der Waals surface area contributed by atoms with Gasteiger partial charge in [-0.05, 0) is 25.0 Å². The molecule has 0 atom stereocenters. The second kappa shape index (κ2) is 7.10. The number of nitrogens with one attached hydrogen (secondary N) is 1. The number of carbonyl (C=O) groups is 1. The van der Waals surface area contributed by atoms with E-state index in [1.54, 1.807) is 11.3 Å². The highest BCUT2D eigenvalue weighted by atomic mass is 32.1. The SMILES string of the molecule is O=C(C#Cc1ccccc1)NC1CCN(c2nccs2)CC1. The molecule has 0 saturated carbocycles. The summed E-state index contributed by atoms with van der Waals surface area (Å²) in [5, 5.41) is 6.05. The van der Waals surface area contributed by atoms with Crippen molar-refractivity contribution in [2.45, 2.75) is 18.9 Å². The Kier molecular flexibility index (Phi) is 4.71. The molecule has 4 nitrogen and oxygen atoms in total. The predicted octanol–water partition coefficient (Wildman–Crippen LogP) is 2.28. The van der Waals surface area contributed by atoms with Crippen molar-refractivity contribution in [3.05, 3.63) is 47.5 Å². The van der Waals surface area contributed by atoms with E-state index in [4.69, 9.17) is 0 Å². The number of benzene rings is 1. The number of nitrogens with zero attached hydrogens (tertiary/aromatic N) is 2. The van der Waals surface area contributed by atoms with Crippen LogP contribution in [0.1, 0.15) is 18.4 Å². The first-order valence-corrected chi connectivity index (χ1v) is 8.21. The summed E-state index contributed by atoms with van der Waals surface area (Å²) in [7, 11) is 0. The van der Waals surface area contributed by atoms with E-state index in [0.717, 1.165) is 36.6 Å². The van der Waals surface area contributed by atoms with Crippen LogP contribution in [-0.4, -0.2) is 30.0 Å². The minimum absolute atomic E-state index is 0.198. The molecular formula is C17H17N3OS. The third kappa shape index (κ3) is 3.86. The van der Waals surface area contributed by atoms with Gasteiger partial charge in [-0.25, -0.2) is 4.98 Å². The van der Waals surface area contributed by atoms with E-state index >= 15 is 0 Å². The summed E-state index contributed by atoms with van der Waals surface area (Å²) in [6.07, 6.45) is 3.68. The molecular weight excluding hydrogens is 294 g/mol. The highest BCUT2D eigenvalue weighted by Crippen LogP contribution is 2.21. The Bertz CT molecular complexity index is 665. The standard InChI is InChI=1S/C17H17N3OS/c21-16(7-6-14-4-2-1-3-5-14)19-15-8-11-20(12-9-15)17-18-10-13-22-17/h1-5,10,13,15H,8-9,11-12H2,(H,19,21). The van der Waals surface area contributed by atoms with E-state index in [0.29, 0.717) is 0 Å². The van der Waals surface area contributed by atoms with Gasteiger partial charge in [-0.1, -0.05) is 24.1 Å². The molecule has 0 radical (unpaired) electrons. The van der Waals surface area contributed by atoms with Crippen molar-refractivity contribution in [1.82, 2.24) is 10.3 Å². The number of carbonyl (C=O) groups excluding carboxylic acids is 1. The summed E-state index contributed by atoms with van der Waals surface area (Å²) in [5.74, 6) is 5.35. The molecule has 0 bridgehead atoms. The number of hydrogen-bond acceptors (Lipinski definition) is 4. The third-order valence-electron chi connectivity index (χ3n) is 3.61. The molecule has 5 heteroatoms. The van der Waals surface area contributed by atoms with Crippen molar-refractivity contribution in [3.8, 4) is 11.8 Å². The van der Waals surface area contributed by atoms with Gasteiger partial charge in [0.2, 0.25) is 0 Å². The zero-order valence-corrected chi connectivity index (χ0v) is 13.0. The molecule has 1 saturated heterocycles. The monoisotopic (exact) mass is 311 g/mol. The van der Waals surface area contributed by atoms with Crippen molar-refractivity contribution < 1.29 is 4.79 Å². The van der Waals surface area contributed by atoms with E-state index in [-0.39, 0.29) is 11.9 Å². The Morgan fingerprint density at radius 2 is 2.05 bits per heavy atom. The topological polar surface area (TPSA) is 45.2 Å². The molecule has 1 aliphatic heterocycles. The van der Waals surface area contributed by atoms with Gasteiger partial charge < -0.3 is 10.2 Å². The Morgan fingerprint density at radius 1 is 1.27 bits per heavy atom. The highest BCUT2D eigenvalue weighted by Gasteiger charge is 2.21. The zero-order valence-electron chi connectivity index (χ0n) is 12.2. The van der Waals surface area contributed by atoms with Gasteiger partial charge in [0, 0.05) is 42.2 Å². The average Bonchev–Trinajstić information content (AvgIpc) is 3.09. The number of piperidine rings is 1. The fraction of sp³-hybridized carbons (Fsp3) is 0.294. The molecule has 0 spiro atoms. The van der Waals surface area contributed by atoms with E-state index in [1.165, 1.54) is 0 Å². The smallest absolute Gasteiger partial charge is 0.296 e. The minimum atomic E-state index is -0.198. The van der Waals surface area contributed by atoms with Gasteiger partial charge in [-0.2, -0.15) is 0 Å². The first kappa shape index (κ1) is 14.6. The summed E-state index contributed by atoms with van der Waals surface area (Å²) < 4.78 is 0. The number of amides is 1. The summed E-state index contributed by atoms with van der Waals surface area (Å²) in [6, 6.07) is 9.75. The van der Waals surface area contributed by atoms with Gasteiger partial charge >= 0.3 is 0 Å². The zero-order chi connectivity index (χ0) is 15.2. The van der Waals surface area contributed by atoms with Crippen LogP contribution in [0, 0.1) is 11.8 Å². The summed E-state index contributed by atoms with van der Waals surface area (Å²) in [5.41, 5.74) is 0.858. The van der Waals surface area contributed by atoms with E-state index in [2.05, 4.69) is 27.0 Å². The lowest BCUT2D eigenvalue weighted by molar-refractivity contribution is -0.116. The molecule has 2 aromatic rings. The van der Waals surface area contributed by atoms with Crippen LogP contribution in [0.25, 0.3) is 0 Å². The molecule has 112 valence electrons. The number of rotatable bonds is 2. The van der Waals surface area contributed by atoms with Crippen molar-refractivity contribution in [1.29, 1.82) is 0 Å². The lowest BCUT2D eigenvalue weighted by atomic mass is 10.1. The van der Waals surface area contributed by atoms with Crippen LogP contribution in [0.3, 0.4) is 0 Å². The van der Waals surface area contributed by atoms with Crippen molar-refractivity contribution >= 4 is 22.4 Å². The maximum Gasteiger partial charge on any atom is 0.296 e. The maximum absolute atomic E-state index is 11.9. The van der Waals surface area contributed by atoms with Crippen molar-refractivity contribution in [3.63, 3.8) is 0 Å². The van der Waals surface area contributed by atoms with Gasteiger partial charge in [-0.15, -0.1) is 11.3 Å². The summed E-state index contributed by atoms with van der Waals surface area (Å²) in [4.78, 5) is 18.5. The van der Waals surface area contributed by atoms with Crippen LogP contribution in [0.5, 0.6) is 0 Å². The molecule has 1 aliphatic rings. The molecule has 2 heterocycles. The van der Waals surface area contributed by atoms with Gasteiger partial charge in [0.05, 0.1) is 0 Å². The second-order valence-electron chi connectivity index (χ2n) is 5.17. The fourth-order valence-corrected chi connectivity index (χ4v) is 3.16. The average molecular weight is 311 g/mol. The Labute approximate surface area is 134 Å². The molecule has 0 aliphatic carbocycles. The van der Waals surface area contributed by atoms with Crippen LogP contribution in [0.2, 0.25) is 0 Å². The van der Waals surface area contributed by atoms with E-state index in [9.17, 15) is 4.79 Å². The van der Waals surface area contributed by atoms with Crippen molar-refractivity contribution in [2.75, 3.05) is 18.0 Å².